The molecule has 0 spiro atoms. The number of carbonyl (C=O) groups excluding carboxylic acids is 1. The second-order valence-electron chi connectivity index (χ2n) is 6.56. The number of aromatic nitrogens is 2. The average Bonchev–Trinajstić information content (AvgIpc) is 3.20. The Bertz CT molecular complexity index is 1020. The molecular weight excluding hydrogens is 318 g/mol. The number of benzene rings is 1. The van der Waals surface area contributed by atoms with Gasteiger partial charge < -0.3 is 13.9 Å². The predicted octanol–water partition coefficient (Wildman–Crippen LogP) is 2.46. The molecule has 1 aliphatic rings. The predicted molar refractivity (Wildman–Crippen MR) is 93.7 cm³/mol. The van der Waals surface area contributed by atoms with Crippen molar-refractivity contribution in [3.8, 4) is 0 Å². The van der Waals surface area contributed by atoms with Crippen molar-refractivity contribution >= 4 is 16.9 Å². The number of fused-ring (bicyclic) bond motifs is 1. The van der Waals surface area contributed by atoms with Gasteiger partial charge >= 0.3 is 0 Å². The fourth-order valence-electron chi connectivity index (χ4n) is 3.53. The van der Waals surface area contributed by atoms with Crippen molar-refractivity contribution in [3.63, 3.8) is 0 Å². The summed E-state index contributed by atoms with van der Waals surface area (Å²) in [6, 6.07) is 8.26. The third-order valence-electron chi connectivity index (χ3n) is 4.72. The lowest BCUT2D eigenvalue weighted by Crippen LogP contribution is -2.29. The molecule has 1 saturated heterocycles. The first-order valence-corrected chi connectivity index (χ1v) is 8.35. The first-order chi connectivity index (χ1) is 12.0. The standard InChI is InChI=1S/C19H19N3O3/c1-12-10-21(2)18(20-12)13-7-8-22(11-13)19(24)17-9-15(23)14-5-3-4-6-16(14)25-17/h3-6,9-10,13H,7-8,11H2,1-2H3/t13-/m0/s1. The van der Waals surface area contributed by atoms with Crippen molar-refractivity contribution in [2.75, 3.05) is 13.1 Å². The number of amides is 1. The molecule has 4 rings (SSSR count). The van der Waals surface area contributed by atoms with E-state index in [-0.39, 0.29) is 23.0 Å². The molecule has 2 aromatic heterocycles. The molecule has 0 radical (unpaired) electrons. The molecule has 0 aliphatic carbocycles. The maximum atomic E-state index is 12.8. The van der Waals surface area contributed by atoms with E-state index in [0.29, 0.717) is 24.1 Å². The van der Waals surface area contributed by atoms with Crippen LogP contribution in [-0.4, -0.2) is 33.4 Å². The van der Waals surface area contributed by atoms with Crippen LogP contribution in [0.4, 0.5) is 0 Å². The third kappa shape index (κ3) is 2.73. The van der Waals surface area contributed by atoms with Crippen molar-refractivity contribution in [1.29, 1.82) is 0 Å². The van der Waals surface area contributed by atoms with Crippen LogP contribution >= 0.6 is 0 Å². The average molecular weight is 337 g/mol. The van der Waals surface area contributed by atoms with Gasteiger partial charge in [0.1, 0.15) is 11.4 Å². The van der Waals surface area contributed by atoms with E-state index in [1.165, 1.54) is 6.07 Å². The molecule has 0 N–H and O–H groups in total. The van der Waals surface area contributed by atoms with Gasteiger partial charge in [0.15, 0.2) is 11.2 Å². The minimum Gasteiger partial charge on any atom is -0.451 e. The highest BCUT2D eigenvalue weighted by molar-refractivity contribution is 5.93. The van der Waals surface area contributed by atoms with Crippen molar-refractivity contribution in [1.82, 2.24) is 14.5 Å². The summed E-state index contributed by atoms with van der Waals surface area (Å²) in [4.78, 5) is 31.3. The summed E-state index contributed by atoms with van der Waals surface area (Å²) in [5.74, 6) is 1.05. The lowest BCUT2D eigenvalue weighted by Gasteiger charge is -2.16. The fraction of sp³-hybridized carbons (Fsp3) is 0.316. The lowest BCUT2D eigenvalue weighted by atomic mass is 10.1. The number of hydrogen-bond donors (Lipinski definition) is 0. The van der Waals surface area contributed by atoms with Gasteiger partial charge in [0.25, 0.3) is 5.91 Å². The van der Waals surface area contributed by atoms with Gasteiger partial charge in [-0.1, -0.05) is 12.1 Å². The highest BCUT2D eigenvalue weighted by Gasteiger charge is 2.31. The number of para-hydroxylation sites is 1. The molecule has 3 heterocycles. The van der Waals surface area contributed by atoms with E-state index >= 15 is 0 Å². The van der Waals surface area contributed by atoms with Gasteiger partial charge in [0.2, 0.25) is 0 Å². The summed E-state index contributed by atoms with van der Waals surface area (Å²) in [5.41, 5.74) is 1.22. The minimum absolute atomic E-state index is 0.0976. The molecule has 1 atom stereocenters. The van der Waals surface area contributed by atoms with Crippen LogP contribution in [0.15, 0.2) is 45.7 Å². The molecule has 6 nitrogen and oxygen atoms in total. The summed E-state index contributed by atoms with van der Waals surface area (Å²) >= 11 is 0. The van der Waals surface area contributed by atoms with Crippen LogP contribution in [0.1, 0.15) is 34.4 Å². The Hall–Kier alpha value is -2.89. The summed E-state index contributed by atoms with van der Waals surface area (Å²) < 4.78 is 7.69. The molecule has 1 aromatic carbocycles. The summed E-state index contributed by atoms with van der Waals surface area (Å²) in [6.07, 6.45) is 2.84. The SMILES string of the molecule is Cc1cn(C)c([C@H]2CCN(C(=O)c3cc(=O)c4ccccc4o3)C2)n1. The van der Waals surface area contributed by atoms with E-state index in [1.54, 1.807) is 29.2 Å². The van der Waals surface area contributed by atoms with Gasteiger partial charge in [0, 0.05) is 38.3 Å². The van der Waals surface area contributed by atoms with Crippen LogP contribution in [-0.2, 0) is 7.05 Å². The summed E-state index contributed by atoms with van der Waals surface area (Å²) in [5, 5.41) is 0.488. The van der Waals surface area contributed by atoms with Gasteiger partial charge in [-0.25, -0.2) is 4.98 Å². The fourth-order valence-corrected chi connectivity index (χ4v) is 3.53. The number of nitrogens with zero attached hydrogens (tertiary/aromatic N) is 3. The number of rotatable bonds is 2. The summed E-state index contributed by atoms with van der Waals surface area (Å²) in [7, 11) is 1.97. The number of imidazole rings is 1. The Morgan fingerprint density at radius 2 is 2.12 bits per heavy atom. The van der Waals surface area contributed by atoms with Gasteiger partial charge in [-0.05, 0) is 25.5 Å². The zero-order valence-corrected chi connectivity index (χ0v) is 14.2. The first kappa shape index (κ1) is 15.6. The molecule has 0 saturated carbocycles. The molecule has 1 amide bonds. The Morgan fingerprint density at radius 3 is 2.88 bits per heavy atom. The van der Waals surface area contributed by atoms with Gasteiger partial charge in [-0.3, -0.25) is 9.59 Å². The highest BCUT2D eigenvalue weighted by atomic mass is 16.3. The normalized spacial score (nSPS) is 17.4. The first-order valence-electron chi connectivity index (χ1n) is 8.35. The highest BCUT2D eigenvalue weighted by Crippen LogP contribution is 2.27. The molecule has 25 heavy (non-hydrogen) atoms. The third-order valence-corrected chi connectivity index (χ3v) is 4.72. The second kappa shape index (κ2) is 5.88. The maximum Gasteiger partial charge on any atom is 0.289 e. The van der Waals surface area contributed by atoms with Gasteiger partial charge in [-0.15, -0.1) is 0 Å². The summed E-state index contributed by atoms with van der Waals surface area (Å²) in [6.45, 7) is 3.18. The van der Waals surface area contributed by atoms with E-state index in [2.05, 4.69) is 4.98 Å². The van der Waals surface area contributed by atoms with E-state index < -0.39 is 0 Å². The molecular formula is C19H19N3O3. The molecule has 0 bridgehead atoms. The Labute approximate surface area is 144 Å². The molecule has 1 fully saturated rings. The molecule has 0 unspecified atom stereocenters. The van der Waals surface area contributed by atoms with Crippen LogP contribution in [0.25, 0.3) is 11.0 Å². The van der Waals surface area contributed by atoms with E-state index in [9.17, 15) is 9.59 Å². The van der Waals surface area contributed by atoms with E-state index in [0.717, 1.165) is 17.9 Å². The zero-order chi connectivity index (χ0) is 17.6. The van der Waals surface area contributed by atoms with E-state index in [4.69, 9.17) is 4.42 Å². The lowest BCUT2D eigenvalue weighted by molar-refractivity contribution is 0.0759. The monoisotopic (exact) mass is 337 g/mol. The number of hydrogen-bond acceptors (Lipinski definition) is 4. The van der Waals surface area contributed by atoms with Crippen molar-refractivity contribution in [2.24, 2.45) is 7.05 Å². The Morgan fingerprint density at radius 1 is 1.32 bits per heavy atom. The van der Waals surface area contributed by atoms with Gasteiger partial charge in [0.05, 0.1) is 11.1 Å². The van der Waals surface area contributed by atoms with Gasteiger partial charge in [-0.2, -0.15) is 0 Å². The largest absolute Gasteiger partial charge is 0.451 e. The van der Waals surface area contributed by atoms with Crippen LogP contribution in [0.3, 0.4) is 0 Å². The quantitative estimate of drug-likeness (QED) is 0.720. The van der Waals surface area contributed by atoms with Crippen LogP contribution in [0.2, 0.25) is 0 Å². The van der Waals surface area contributed by atoms with Crippen LogP contribution < -0.4 is 5.43 Å². The second-order valence-corrected chi connectivity index (χ2v) is 6.56. The number of aryl methyl sites for hydroxylation is 2. The van der Waals surface area contributed by atoms with E-state index in [1.807, 2.05) is 24.7 Å². The van der Waals surface area contributed by atoms with Crippen molar-refractivity contribution < 1.29 is 9.21 Å². The smallest absolute Gasteiger partial charge is 0.289 e. The molecule has 1 aliphatic heterocycles. The molecule has 3 aromatic rings. The number of likely N-dealkylation sites (tertiary alicyclic amines) is 1. The maximum absolute atomic E-state index is 12.8. The zero-order valence-electron chi connectivity index (χ0n) is 14.2. The van der Waals surface area contributed by atoms with Crippen LogP contribution in [0, 0.1) is 6.92 Å². The van der Waals surface area contributed by atoms with Crippen molar-refractivity contribution in [2.45, 2.75) is 19.3 Å². The Balaban J connectivity index is 1.60. The minimum atomic E-state index is -0.240. The van der Waals surface area contributed by atoms with Crippen LogP contribution in [0.5, 0.6) is 0 Å². The Kier molecular flexibility index (Phi) is 3.67. The molecule has 6 heteroatoms. The molecule has 128 valence electrons. The van der Waals surface area contributed by atoms with Crippen molar-refractivity contribution in [3.05, 3.63) is 64.0 Å². The topological polar surface area (TPSA) is 68.3 Å². The number of carbonyl (C=O) groups is 1.